The van der Waals surface area contributed by atoms with E-state index in [0.717, 1.165) is 5.06 Å². The molecule has 0 saturated carbocycles. The number of hydroxylamine groups is 2. The van der Waals surface area contributed by atoms with Crippen LogP contribution in [0.4, 0.5) is 0 Å². The molecule has 2 rings (SSSR count). The van der Waals surface area contributed by atoms with Crippen LogP contribution in [0.1, 0.15) is 20.3 Å². The van der Waals surface area contributed by atoms with Crippen molar-refractivity contribution in [2.24, 2.45) is 0 Å². The predicted molar refractivity (Wildman–Crippen MR) is 103 cm³/mol. The standard InChI is InChI=1S/C18H22N2O4S2/c1-3-4-13-24-16-8-10-17(11-9-16)26(22,23)19-15(2)14-25-18-7-5-6-12-20(18)21/h5-12,15,18-19,21H,3,14H2,1-2H3. The Morgan fingerprint density at radius 2 is 2.08 bits per heavy atom. The average Bonchev–Trinajstić information content (AvgIpc) is 2.61. The minimum atomic E-state index is -3.63. The van der Waals surface area contributed by atoms with Gasteiger partial charge in [0.05, 0.1) is 4.90 Å². The van der Waals surface area contributed by atoms with Gasteiger partial charge in [0, 0.05) is 24.4 Å². The molecule has 0 bridgehead atoms. The van der Waals surface area contributed by atoms with Crippen molar-refractivity contribution in [3.8, 4) is 17.8 Å². The Morgan fingerprint density at radius 1 is 1.35 bits per heavy atom. The first kappa shape index (κ1) is 20.4. The molecule has 8 heteroatoms. The van der Waals surface area contributed by atoms with Crippen LogP contribution in [0.2, 0.25) is 0 Å². The fourth-order valence-corrected chi connectivity index (χ4v) is 4.41. The van der Waals surface area contributed by atoms with Gasteiger partial charge in [-0.15, -0.1) is 11.8 Å². The number of hydrogen-bond donors (Lipinski definition) is 2. The van der Waals surface area contributed by atoms with E-state index >= 15 is 0 Å². The van der Waals surface area contributed by atoms with Crippen molar-refractivity contribution in [2.45, 2.75) is 36.6 Å². The average molecular weight is 395 g/mol. The van der Waals surface area contributed by atoms with E-state index in [1.165, 1.54) is 23.9 Å². The summed E-state index contributed by atoms with van der Waals surface area (Å²) < 4.78 is 32.7. The highest BCUT2D eigenvalue weighted by Crippen LogP contribution is 2.21. The second-order valence-corrected chi connectivity index (χ2v) is 8.42. The van der Waals surface area contributed by atoms with Gasteiger partial charge in [0.15, 0.2) is 0 Å². The zero-order valence-corrected chi connectivity index (χ0v) is 16.3. The van der Waals surface area contributed by atoms with Crippen molar-refractivity contribution < 1.29 is 18.4 Å². The smallest absolute Gasteiger partial charge is 0.240 e. The Morgan fingerprint density at radius 3 is 2.73 bits per heavy atom. The number of hydrogen-bond acceptors (Lipinski definition) is 6. The molecule has 1 aromatic rings. The Labute approximate surface area is 158 Å². The number of ether oxygens (including phenoxy) is 1. The number of nitrogens with zero attached hydrogens (tertiary/aromatic N) is 1. The third-order valence-corrected chi connectivity index (χ3v) is 6.32. The maximum absolute atomic E-state index is 12.5. The second-order valence-electron chi connectivity index (χ2n) is 5.56. The second kappa shape index (κ2) is 9.69. The normalized spacial score (nSPS) is 17.5. The van der Waals surface area contributed by atoms with E-state index in [0.29, 0.717) is 17.9 Å². The van der Waals surface area contributed by atoms with Gasteiger partial charge >= 0.3 is 0 Å². The van der Waals surface area contributed by atoms with Crippen molar-refractivity contribution in [3.63, 3.8) is 0 Å². The molecule has 1 aliphatic heterocycles. The molecular formula is C18H22N2O4S2. The highest BCUT2D eigenvalue weighted by Gasteiger charge is 2.20. The molecule has 140 valence electrons. The third kappa shape index (κ3) is 6.11. The van der Waals surface area contributed by atoms with Crippen molar-refractivity contribution in [2.75, 3.05) is 5.75 Å². The van der Waals surface area contributed by atoms with Crippen LogP contribution >= 0.6 is 11.8 Å². The molecule has 0 spiro atoms. The van der Waals surface area contributed by atoms with Crippen molar-refractivity contribution in [1.29, 1.82) is 0 Å². The highest BCUT2D eigenvalue weighted by atomic mass is 32.2. The molecule has 2 N–H and O–H groups in total. The van der Waals surface area contributed by atoms with Gasteiger partial charge in [0.25, 0.3) is 0 Å². The number of thioether (sulfide) groups is 1. The maximum Gasteiger partial charge on any atom is 0.240 e. The van der Waals surface area contributed by atoms with Crippen LogP contribution in [0.25, 0.3) is 0 Å². The lowest BCUT2D eigenvalue weighted by Crippen LogP contribution is -2.35. The van der Waals surface area contributed by atoms with Gasteiger partial charge < -0.3 is 4.74 Å². The molecule has 0 aliphatic carbocycles. The monoisotopic (exact) mass is 394 g/mol. The van der Waals surface area contributed by atoms with Gasteiger partial charge in [-0.1, -0.05) is 18.9 Å². The molecule has 1 aromatic carbocycles. The Bertz CT molecular complexity index is 808. The highest BCUT2D eigenvalue weighted by molar-refractivity contribution is 8.00. The van der Waals surface area contributed by atoms with Crippen LogP contribution in [0.15, 0.2) is 53.6 Å². The molecule has 1 heterocycles. The summed E-state index contributed by atoms with van der Waals surface area (Å²) in [5, 5.41) is 10.6. The van der Waals surface area contributed by atoms with E-state index in [-0.39, 0.29) is 16.3 Å². The summed E-state index contributed by atoms with van der Waals surface area (Å²) in [7, 11) is -3.63. The zero-order chi connectivity index (χ0) is 19.0. The molecule has 0 aromatic heterocycles. The summed E-state index contributed by atoms with van der Waals surface area (Å²) in [5.41, 5.74) is 0. The first-order valence-electron chi connectivity index (χ1n) is 8.13. The van der Waals surface area contributed by atoms with Gasteiger partial charge in [-0.05, 0) is 43.3 Å². The topological polar surface area (TPSA) is 78.9 Å². The molecule has 2 atom stereocenters. The molecule has 26 heavy (non-hydrogen) atoms. The summed E-state index contributed by atoms with van der Waals surface area (Å²) in [6, 6.07) is 5.80. The summed E-state index contributed by atoms with van der Waals surface area (Å²) in [5.74, 6) is 3.78. The molecule has 6 nitrogen and oxygen atoms in total. The lowest BCUT2D eigenvalue weighted by atomic mass is 10.3. The van der Waals surface area contributed by atoms with E-state index in [2.05, 4.69) is 16.7 Å². The molecule has 0 radical (unpaired) electrons. The minimum Gasteiger partial charge on any atom is -0.408 e. The number of sulfonamides is 1. The van der Waals surface area contributed by atoms with Crippen LogP contribution in [-0.4, -0.2) is 35.9 Å². The Hall–Kier alpha value is -1.92. The SMILES string of the molecule is CCC#COc1ccc(S(=O)(=O)NC(C)CSC2C=CC=CN2O)cc1. The number of nitrogens with one attached hydrogen (secondary N) is 1. The van der Waals surface area contributed by atoms with Crippen LogP contribution < -0.4 is 9.46 Å². The van der Waals surface area contributed by atoms with Crippen molar-refractivity contribution in [3.05, 3.63) is 48.7 Å². The van der Waals surface area contributed by atoms with E-state index in [9.17, 15) is 13.6 Å². The zero-order valence-electron chi connectivity index (χ0n) is 14.6. The lowest BCUT2D eigenvalue weighted by molar-refractivity contribution is -0.0407. The summed E-state index contributed by atoms with van der Waals surface area (Å²) >= 11 is 1.44. The summed E-state index contributed by atoms with van der Waals surface area (Å²) in [6.07, 6.45) is 10.2. The Balaban J connectivity index is 1.90. The van der Waals surface area contributed by atoms with Crippen LogP contribution in [0.5, 0.6) is 5.75 Å². The first-order chi connectivity index (χ1) is 12.4. The third-order valence-electron chi connectivity index (χ3n) is 3.31. The van der Waals surface area contributed by atoms with Gasteiger partial charge in [-0.2, -0.15) is 0 Å². The van der Waals surface area contributed by atoms with Crippen molar-refractivity contribution in [1.82, 2.24) is 9.79 Å². The maximum atomic E-state index is 12.5. The van der Waals surface area contributed by atoms with E-state index in [1.807, 2.05) is 19.1 Å². The molecule has 2 unspecified atom stereocenters. The summed E-state index contributed by atoms with van der Waals surface area (Å²) in [6.45, 7) is 3.70. The van der Waals surface area contributed by atoms with E-state index in [1.54, 1.807) is 31.3 Å². The quantitative estimate of drug-likeness (QED) is 0.693. The van der Waals surface area contributed by atoms with Gasteiger partial charge in [0.1, 0.15) is 17.2 Å². The fourth-order valence-electron chi connectivity index (χ4n) is 2.07. The molecule has 0 amide bonds. The summed E-state index contributed by atoms with van der Waals surface area (Å²) in [4.78, 5) is 0.162. The largest absolute Gasteiger partial charge is 0.408 e. The van der Waals surface area contributed by atoms with Gasteiger partial charge in [-0.25, -0.2) is 18.2 Å². The van der Waals surface area contributed by atoms with Crippen LogP contribution in [0, 0.1) is 12.0 Å². The van der Waals surface area contributed by atoms with Gasteiger partial charge in [0.2, 0.25) is 10.0 Å². The molecule has 0 saturated heterocycles. The fraction of sp³-hybridized carbons (Fsp3) is 0.333. The first-order valence-corrected chi connectivity index (χ1v) is 10.7. The van der Waals surface area contributed by atoms with Crippen LogP contribution in [0.3, 0.4) is 0 Å². The van der Waals surface area contributed by atoms with Gasteiger partial charge in [-0.3, -0.25) is 5.21 Å². The number of allylic oxidation sites excluding steroid dienone is 2. The van der Waals surface area contributed by atoms with E-state index in [4.69, 9.17) is 4.74 Å². The lowest BCUT2D eigenvalue weighted by Gasteiger charge is -2.24. The van der Waals surface area contributed by atoms with E-state index < -0.39 is 10.0 Å². The number of rotatable bonds is 7. The van der Waals surface area contributed by atoms with Crippen molar-refractivity contribution >= 4 is 21.8 Å². The molecular weight excluding hydrogens is 372 g/mol. The molecule has 0 fully saturated rings. The minimum absolute atomic E-state index is 0.162. The number of benzene rings is 1. The predicted octanol–water partition coefficient (Wildman–Crippen LogP) is 2.94. The molecule has 1 aliphatic rings. The Kier molecular flexibility index (Phi) is 7.60. The van der Waals surface area contributed by atoms with Crippen LogP contribution in [-0.2, 0) is 10.0 Å².